The zero-order valence-electron chi connectivity index (χ0n) is 13.4. The molecule has 1 saturated heterocycles. The van der Waals surface area contributed by atoms with Gasteiger partial charge >= 0.3 is 6.18 Å². The number of hydrogen-bond donors (Lipinski definition) is 1. The van der Waals surface area contributed by atoms with E-state index in [9.17, 15) is 17.6 Å². The first kappa shape index (κ1) is 19.5. The molecule has 0 amide bonds. The van der Waals surface area contributed by atoms with Crippen molar-refractivity contribution in [3.05, 3.63) is 35.1 Å². The van der Waals surface area contributed by atoms with Gasteiger partial charge in [-0.05, 0) is 36.5 Å². The highest BCUT2D eigenvalue weighted by molar-refractivity contribution is 5.85. The third-order valence-electron chi connectivity index (χ3n) is 5.03. The monoisotopic (exact) mass is 366 g/mol. The van der Waals surface area contributed by atoms with Crippen LogP contribution in [-0.2, 0) is 6.18 Å². The van der Waals surface area contributed by atoms with Crippen molar-refractivity contribution in [1.82, 2.24) is 10.2 Å². The predicted octanol–water partition coefficient (Wildman–Crippen LogP) is 4.40. The number of piperazine rings is 1. The quantitative estimate of drug-likeness (QED) is 0.797. The number of hydrogen-bond acceptors (Lipinski definition) is 2. The van der Waals surface area contributed by atoms with Gasteiger partial charge in [-0.25, -0.2) is 4.39 Å². The summed E-state index contributed by atoms with van der Waals surface area (Å²) in [6, 6.07) is 3.50. The van der Waals surface area contributed by atoms with Crippen molar-refractivity contribution >= 4 is 12.4 Å². The maximum absolute atomic E-state index is 13.6. The Bertz CT molecular complexity index is 538. The van der Waals surface area contributed by atoms with E-state index in [0.717, 1.165) is 64.0 Å². The number of nitrogens with one attached hydrogen (secondary N) is 1. The highest BCUT2D eigenvalue weighted by atomic mass is 35.5. The Labute approximate surface area is 146 Å². The van der Waals surface area contributed by atoms with E-state index in [0.29, 0.717) is 11.5 Å². The fourth-order valence-electron chi connectivity index (χ4n) is 3.96. The molecule has 3 rings (SSSR count). The van der Waals surface area contributed by atoms with Gasteiger partial charge in [0.05, 0.1) is 5.56 Å². The second-order valence-corrected chi connectivity index (χ2v) is 6.51. The van der Waals surface area contributed by atoms with Gasteiger partial charge in [0.15, 0.2) is 0 Å². The molecule has 2 aliphatic rings. The molecule has 7 heteroatoms. The molecule has 1 atom stereocenters. The molecule has 2 fully saturated rings. The number of nitrogens with zero attached hydrogens (tertiary/aromatic N) is 1. The van der Waals surface area contributed by atoms with Crippen LogP contribution < -0.4 is 5.32 Å². The van der Waals surface area contributed by atoms with Crippen molar-refractivity contribution in [3.8, 4) is 0 Å². The largest absolute Gasteiger partial charge is 0.419 e. The van der Waals surface area contributed by atoms with Crippen LogP contribution in [0.1, 0.15) is 42.9 Å². The summed E-state index contributed by atoms with van der Waals surface area (Å²) in [5, 5.41) is 3.27. The second-order valence-electron chi connectivity index (χ2n) is 6.51. The van der Waals surface area contributed by atoms with E-state index in [1.165, 1.54) is 6.07 Å². The Kier molecular flexibility index (Phi) is 6.51. The lowest BCUT2D eigenvalue weighted by molar-refractivity contribution is -0.140. The minimum absolute atomic E-state index is 0. The van der Waals surface area contributed by atoms with Crippen molar-refractivity contribution in [2.45, 2.75) is 37.9 Å². The van der Waals surface area contributed by atoms with Crippen molar-refractivity contribution in [2.75, 3.05) is 26.2 Å². The van der Waals surface area contributed by atoms with E-state index in [-0.39, 0.29) is 18.4 Å². The molecule has 1 aliphatic heterocycles. The van der Waals surface area contributed by atoms with Crippen LogP contribution in [0.2, 0.25) is 0 Å². The maximum Gasteiger partial charge on any atom is 0.419 e. The standard InChI is InChI=1S/C17H22F4N2.ClH/c18-15-6-5-13(11-14(15)17(19,20)21)16(12-3-1-2-4-12)23-9-7-22-8-10-23;/h5-6,11-12,16,22H,1-4,7-10H2;1H/t16-;/m1./s1. The lowest BCUT2D eigenvalue weighted by Gasteiger charge is -2.39. The van der Waals surface area contributed by atoms with E-state index >= 15 is 0 Å². The first-order valence-corrected chi connectivity index (χ1v) is 8.28. The SMILES string of the molecule is Cl.Fc1ccc([C@@H](C2CCCC2)N2CCNCC2)cc1C(F)(F)F. The van der Waals surface area contributed by atoms with Crippen LogP contribution in [0.5, 0.6) is 0 Å². The highest BCUT2D eigenvalue weighted by Gasteiger charge is 2.37. The minimum atomic E-state index is -4.65. The van der Waals surface area contributed by atoms with E-state index < -0.39 is 17.6 Å². The fourth-order valence-corrected chi connectivity index (χ4v) is 3.96. The van der Waals surface area contributed by atoms with Crippen LogP contribution in [0.4, 0.5) is 17.6 Å². The first-order valence-electron chi connectivity index (χ1n) is 8.28. The lowest BCUT2D eigenvalue weighted by Crippen LogP contribution is -2.46. The van der Waals surface area contributed by atoms with Gasteiger partial charge in [-0.3, -0.25) is 4.90 Å². The Morgan fingerprint density at radius 1 is 1.08 bits per heavy atom. The third-order valence-corrected chi connectivity index (χ3v) is 5.03. The summed E-state index contributed by atoms with van der Waals surface area (Å²) in [7, 11) is 0. The summed E-state index contributed by atoms with van der Waals surface area (Å²) in [5.41, 5.74) is -0.541. The number of halogens is 5. The Morgan fingerprint density at radius 2 is 1.71 bits per heavy atom. The normalized spacial score (nSPS) is 21.5. The smallest absolute Gasteiger partial charge is 0.314 e. The fraction of sp³-hybridized carbons (Fsp3) is 0.647. The Morgan fingerprint density at radius 3 is 2.29 bits per heavy atom. The number of rotatable bonds is 3. The molecule has 2 nitrogen and oxygen atoms in total. The van der Waals surface area contributed by atoms with Crippen molar-refractivity contribution in [3.63, 3.8) is 0 Å². The summed E-state index contributed by atoms with van der Waals surface area (Å²) in [6.45, 7) is 3.33. The molecule has 1 N–H and O–H groups in total. The van der Waals surface area contributed by atoms with E-state index in [1.54, 1.807) is 0 Å². The van der Waals surface area contributed by atoms with E-state index in [1.807, 2.05) is 0 Å². The Balaban J connectivity index is 0.00000208. The molecule has 0 radical (unpaired) electrons. The van der Waals surface area contributed by atoms with Crippen LogP contribution >= 0.6 is 12.4 Å². The second kappa shape index (κ2) is 8.02. The zero-order chi connectivity index (χ0) is 16.4. The third kappa shape index (κ3) is 4.21. The highest BCUT2D eigenvalue weighted by Crippen LogP contribution is 2.41. The molecule has 1 aromatic rings. The molecule has 1 aromatic carbocycles. The van der Waals surface area contributed by atoms with Crippen LogP contribution in [0.3, 0.4) is 0 Å². The molecule has 0 bridgehead atoms. The molecular weight excluding hydrogens is 344 g/mol. The lowest BCUT2D eigenvalue weighted by atomic mass is 9.88. The van der Waals surface area contributed by atoms with Gasteiger partial charge < -0.3 is 5.32 Å². The molecule has 136 valence electrons. The molecule has 0 aromatic heterocycles. The van der Waals surface area contributed by atoms with E-state index in [2.05, 4.69) is 10.2 Å². The van der Waals surface area contributed by atoms with Crippen molar-refractivity contribution < 1.29 is 17.6 Å². The molecular formula is C17H23ClF4N2. The molecule has 1 heterocycles. The van der Waals surface area contributed by atoms with Crippen LogP contribution in [-0.4, -0.2) is 31.1 Å². The topological polar surface area (TPSA) is 15.3 Å². The molecule has 0 unspecified atom stereocenters. The van der Waals surface area contributed by atoms with Gasteiger partial charge in [-0.1, -0.05) is 18.9 Å². The predicted molar refractivity (Wildman–Crippen MR) is 87.8 cm³/mol. The van der Waals surface area contributed by atoms with Gasteiger partial charge in [-0.15, -0.1) is 12.4 Å². The van der Waals surface area contributed by atoms with Gasteiger partial charge in [0.1, 0.15) is 5.82 Å². The molecule has 0 spiro atoms. The van der Waals surface area contributed by atoms with Crippen molar-refractivity contribution in [2.24, 2.45) is 5.92 Å². The van der Waals surface area contributed by atoms with Gasteiger partial charge in [-0.2, -0.15) is 13.2 Å². The van der Waals surface area contributed by atoms with E-state index in [4.69, 9.17) is 0 Å². The summed E-state index contributed by atoms with van der Waals surface area (Å²) in [5.74, 6) is -0.827. The van der Waals surface area contributed by atoms with Gasteiger partial charge in [0, 0.05) is 32.2 Å². The summed E-state index contributed by atoms with van der Waals surface area (Å²) >= 11 is 0. The number of alkyl halides is 3. The van der Waals surface area contributed by atoms with Gasteiger partial charge in [0.25, 0.3) is 0 Å². The first-order chi connectivity index (χ1) is 11.0. The zero-order valence-corrected chi connectivity index (χ0v) is 14.2. The molecule has 1 saturated carbocycles. The molecule has 1 aliphatic carbocycles. The van der Waals surface area contributed by atoms with Crippen molar-refractivity contribution in [1.29, 1.82) is 0 Å². The maximum atomic E-state index is 13.6. The van der Waals surface area contributed by atoms with Crippen LogP contribution in [0.25, 0.3) is 0 Å². The minimum Gasteiger partial charge on any atom is -0.314 e. The summed E-state index contributed by atoms with van der Waals surface area (Å²) in [4.78, 5) is 2.26. The summed E-state index contributed by atoms with van der Waals surface area (Å²) < 4.78 is 52.7. The van der Waals surface area contributed by atoms with Crippen LogP contribution in [0, 0.1) is 11.7 Å². The van der Waals surface area contributed by atoms with Crippen LogP contribution in [0.15, 0.2) is 18.2 Å². The summed E-state index contributed by atoms with van der Waals surface area (Å²) in [6.07, 6.45) is -0.328. The number of benzene rings is 1. The van der Waals surface area contributed by atoms with Gasteiger partial charge in [0.2, 0.25) is 0 Å². The molecule has 24 heavy (non-hydrogen) atoms. The average molecular weight is 367 g/mol. The Hall–Kier alpha value is -0.850. The average Bonchev–Trinajstić information content (AvgIpc) is 3.03.